The van der Waals surface area contributed by atoms with Crippen molar-refractivity contribution in [1.29, 1.82) is 0 Å². The lowest BCUT2D eigenvalue weighted by Crippen LogP contribution is -2.17. The van der Waals surface area contributed by atoms with Crippen molar-refractivity contribution >= 4 is 12.1 Å². The molecule has 0 saturated carbocycles. The Morgan fingerprint density at radius 2 is 2.12 bits per heavy atom. The molecule has 1 N–H and O–H groups in total. The quantitative estimate of drug-likeness (QED) is 0.786. The number of nitrogens with zero attached hydrogens (tertiary/aromatic N) is 1. The van der Waals surface area contributed by atoms with Gasteiger partial charge in [0.15, 0.2) is 0 Å². The van der Waals surface area contributed by atoms with Crippen molar-refractivity contribution in [2.24, 2.45) is 4.99 Å². The van der Waals surface area contributed by atoms with Crippen LogP contribution in [0.25, 0.3) is 0 Å². The summed E-state index contributed by atoms with van der Waals surface area (Å²) in [7, 11) is 0. The molecular weight excluding hydrogens is 212 g/mol. The molecule has 1 amide bonds. The summed E-state index contributed by atoms with van der Waals surface area (Å²) >= 11 is 0. The van der Waals surface area contributed by atoms with E-state index < -0.39 is 0 Å². The fourth-order valence-electron chi connectivity index (χ4n) is 1.83. The zero-order valence-corrected chi connectivity index (χ0v) is 9.94. The lowest BCUT2D eigenvalue weighted by atomic mass is 10.1. The number of hydrogen-bond acceptors (Lipinski definition) is 2. The number of hydrogen-bond donors (Lipinski definition) is 1. The van der Waals surface area contributed by atoms with Crippen LogP contribution in [0.5, 0.6) is 0 Å². The van der Waals surface area contributed by atoms with Crippen LogP contribution in [0.4, 0.5) is 0 Å². The Morgan fingerprint density at radius 1 is 1.35 bits per heavy atom. The van der Waals surface area contributed by atoms with E-state index in [4.69, 9.17) is 0 Å². The van der Waals surface area contributed by atoms with Gasteiger partial charge in [-0.25, -0.2) is 0 Å². The maximum atomic E-state index is 11.4. The minimum atomic E-state index is 0.0670. The van der Waals surface area contributed by atoms with Gasteiger partial charge in [-0.1, -0.05) is 30.3 Å². The summed E-state index contributed by atoms with van der Waals surface area (Å²) in [6.07, 6.45) is 2.57. The molecule has 1 aliphatic heterocycles. The zero-order valence-electron chi connectivity index (χ0n) is 9.94. The number of carbonyl (C=O) groups is 1. The molecule has 2 rings (SSSR count). The lowest BCUT2D eigenvalue weighted by molar-refractivity contribution is -0.116. The molecule has 0 fully saturated rings. The Balaban J connectivity index is 1.86. The normalized spacial score (nSPS) is 15.7. The summed E-state index contributed by atoms with van der Waals surface area (Å²) < 4.78 is 0. The van der Waals surface area contributed by atoms with E-state index in [-0.39, 0.29) is 5.91 Å². The largest absolute Gasteiger partial charge is 0.349 e. The van der Waals surface area contributed by atoms with E-state index >= 15 is 0 Å². The SMILES string of the molecule is CC1=C(CCN=Cc2ccccc2)C(=O)NC1. The van der Waals surface area contributed by atoms with Gasteiger partial charge in [0.2, 0.25) is 5.91 Å². The van der Waals surface area contributed by atoms with Crippen LogP contribution in [-0.4, -0.2) is 25.2 Å². The minimum absolute atomic E-state index is 0.0670. The molecule has 1 aromatic carbocycles. The topological polar surface area (TPSA) is 41.5 Å². The molecule has 1 aromatic rings. The summed E-state index contributed by atoms with van der Waals surface area (Å²) in [4.78, 5) is 15.8. The van der Waals surface area contributed by atoms with Crippen LogP contribution >= 0.6 is 0 Å². The third kappa shape index (κ3) is 3.03. The number of aliphatic imine (C=N–C) groups is 1. The lowest BCUT2D eigenvalue weighted by Gasteiger charge is -1.98. The van der Waals surface area contributed by atoms with Crippen LogP contribution < -0.4 is 5.32 Å². The second kappa shape index (κ2) is 5.43. The first-order chi connectivity index (χ1) is 8.27. The fourth-order valence-corrected chi connectivity index (χ4v) is 1.83. The van der Waals surface area contributed by atoms with Crippen LogP contribution in [0.1, 0.15) is 18.9 Å². The highest BCUT2D eigenvalue weighted by Crippen LogP contribution is 2.13. The van der Waals surface area contributed by atoms with E-state index in [1.165, 1.54) is 0 Å². The first kappa shape index (κ1) is 11.6. The van der Waals surface area contributed by atoms with Gasteiger partial charge in [-0.3, -0.25) is 9.79 Å². The molecule has 1 aliphatic rings. The first-order valence-electron chi connectivity index (χ1n) is 5.79. The standard InChI is InChI=1S/C14H16N2O/c1-11-9-16-14(17)13(11)7-8-15-10-12-5-3-2-4-6-12/h2-6,10H,7-9H2,1H3,(H,16,17). The third-order valence-corrected chi connectivity index (χ3v) is 2.83. The Kier molecular flexibility index (Phi) is 3.70. The molecule has 0 atom stereocenters. The van der Waals surface area contributed by atoms with E-state index in [0.717, 1.165) is 23.1 Å². The molecule has 0 unspecified atom stereocenters. The van der Waals surface area contributed by atoms with Crippen molar-refractivity contribution in [3.8, 4) is 0 Å². The van der Waals surface area contributed by atoms with Gasteiger partial charge in [0.05, 0.1) is 0 Å². The minimum Gasteiger partial charge on any atom is -0.349 e. The number of benzene rings is 1. The number of amides is 1. The Bertz CT molecular complexity index is 460. The fraction of sp³-hybridized carbons (Fsp3) is 0.286. The maximum Gasteiger partial charge on any atom is 0.247 e. The molecule has 88 valence electrons. The molecule has 3 nitrogen and oxygen atoms in total. The molecular formula is C14H16N2O. The van der Waals surface area contributed by atoms with Gasteiger partial charge >= 0.3 is 0 Å². The summed E-state index contributed by atoms with van der Waals surface area (Å²) in [6.45, 7) is 3.35. The predicted octanol–water partition coefficient (Wildman–Crippen LogP) is 1.94. The molecule has 3 heteroatoms. The first-order valence-corrected chi connectivity index (χ1v) is 5.79. The molecule has 0 spiro atoms. The highest BCUT2D eigenvalue weighted by atomic mass is 16.1. The van der Waals surface area contributed by atoms with E-state index in [9.17, 15) is 4.79 Å². The van der Waals surface area contributed by atoms with Crippen LogP contribution in [0.3, 0.4) is 0 Å². The molecule has 17 heavy (non-hydrogen) atoms. The summed E-state index contributed by atoms with van der Waals surface area (Å²) in [5.74, 6) is 0.0670. The second-order valence-electron chi connectivity index (χ2n) is 4.14. The smallest absolute Gasteiger partial charge is 0.247 e. The molecule has 0 bridgehead atoms. The van der Waals surface area contributed by atoms with Crippen molar-refractivity contribution < 1.29 is 4.79 Å². The highest BCUT2D eigenvalue weighted by Gasteiger charge is 2.18. The van der Waals surface area contributed by atoms with E-state index in [2.05, 4.69) is 10.3 Å². The van der Waals surface area contributed by atoms with Crippen molar-refractivity contribution in [3.05, 3.63) is 47.0 Å². The summed E-state index contributed by atoms with van der Waals surface area (Å²) in [5, 5.41) is 2.81. The molecule has 1 heterocycles. The van der Waals surface area contributed by atoms with E-state index in [1.807, 2.05) is 43.5 Å². The molecule has 0 saturated heterocycles. The van der Waals surface area contributed by atoms with Crippen molar-refractivity contribution in [2.45, 2.75) is 13.3 Å². The van der Waals surface area contributed by atoms with Crippen molar-refractivity contribution in [2.75, 3.05) is 13.1 Å². The second-order valence-corrected chi connectivity index (χ2v) is 4.14. The number of rotatable bonds is 4. The number of nitrogens with one attached hydrogen (secondary N) is 1. The summed E-state index contributed by atoms with van der Waals surface area (Å²) in [5.41, 5.74) is 3.13. The average molecular weight is 228 g/mol. The molecule has 0 aliphatic carbocycles. The van der Waals surface area contributed by atoms with Gasteiger partial charge in [-0.05, 0) is 24.5 Å². The maximum absolute atomic E-state index is 11.4. The summed E-state index contributed by atoms with van der Waals surface area (Å²) in [6, 6.07) is 9.97. The number of carbonyl (C=O) groups excluding carboxylic acids is 1. The Morgan fingerprint density at radius 3 is 2.76 bits per heavy atom. The Hall–Kier alpha value is -1.90. The van der Waals surface area contributed by atoms with Gasteiger partial charge < -0.3 is 5.32 Å². The highest BCUT2D eigenvalue weighted by molar-refractivity contribution is 5.96. The molecule has 0 aromatic heterocycles. The van der Waals surface area contributed by atoms with Gasteiger partial charge in [-0.15, -0.1) is 0 Å². The molecule has 0 radical (unpaired) electrons. The predicted molar refractivity (Wildman–Crippen MR) is 69.2 cm³/mol. The third-order valence-electron chi connectivity index (χ3n) is 2.83. The van der Waals surface area contributed by atoms with Crippen LogP contribution in [0.15, 0.2) is 46.5 Å². The van der Waals surface area contributed by atoms with Gasteiger partial charge in [0.1, 0.15) is 0 Å². The van der Waals surface area contributed by atoms with Gasteiger partial charge in [0.25, 0.3) is 0 Å². The van der Waals surface area contributed by atoms with Crippen molar-refractivity contribution in [3.63, 3.8) is 0 Å². The van der Waals surface area contributed by atoms with Gasteiger partial charge in [0, 0.05) is 24.9 Å². The van der Waals surface area contributed by atoms with Crippen LogP contribution in [0, 0.1) is 0 Å². The Labute approximate surface area is 101 Å². The average Bonchev–Trinajstić information content (AvgIpc) is 2.67. The van der Waals surface area contributed by atoms with Crippen LogP contribution in [-0.2, 0) is 4.79 Å². The zero-order chi connectivity index (χ0) is 12.1. The van der Waals surface area contributed by atoms with E-state index in [0.29, 0.717) is 13.1 Å². The van der Waals surface area contributed by atoms with Gasteiger partial charge in [-0.2, -0.15) is 0 Å². The van der Waals surface area contributed by atoms with Crippen LogP contribution in [0.2, 0.25) is 0 Å². The van der Waals surface area contributed by atoms with Crippen molar-refractivity contribution in [1.82, 2.24) is 5.32 Å². The van der Waals surface area contributed by atoms with E-state index in [1.54, 1.807) is 0 Å². The monoisotopic (exact) mass is 228 g/mol.